The first-order valence-corrected chi connectivity index (χ1v) is 3.67. The molecule has 1 aromatic heterocycles. The van der Waals surface area contributed by atoms with Crippen molar-refractivity contribution in [1.29, 1.82) is 0 Å². The van der Waals surface area contributed by atoms with Crippen molar-refractivity contribution >= 4 is 11.7 Å². The predicted molar refractivity (Wildman–Crippen MR) is 45.4 cm³/mol. The van der Waals surface area contributed by atoms with Crippen molar-refractivity contribution in [2.75, 3.05) is 11.9 Å². The molecule has 0 spiro atoms. The van der Waals surface area contributed by atoms with Gasteiger partial charge in [0.25, 0.3) is 0 Å². The second-order valence-electron chi connectivity index (χ2n) is 2.26. The predicted octanol–water partition coefficient (Wildman–Crippen LogP) is 1.21. The number of carbonyl (C=O) groups is 1. The molecule has 2 N–H and O–H groups in total. The minimum absolute atomic E-state index is 0.208. The summed E-state index contributed by atoms with van der Waals surface area (Å²) in [5, 5.41) is 11.6. The molecule has 64 valence electrons. The van der Waals surface area contributed by atoms with Gasteiger partial charge in [-0.1, -0.05) is 0 Å². The molecule has 0 fully saturated rings. The van der Waals surface area contributed by atoms with Crippen LogP contribution in [0.4, 0.5) is 5.69 Å². The zero-order chi connectivity index (χ0) is 8.97. The van der Waals surface area contributed by atoms with E-state index in [-0.39, 0.29) is 5.56 Å². The summed E-state index contributed by atoms with van der Waals surface area (Å²) in [5.74, 6) is -0.959. The van der Waals surface area contributed by atoms with Crippen molar-refractivity contribution in [1.82, 2.24) is 4.98 Å². The molecule has 0 aliphatic heterocycles. The van der Waals surface area contributed by atoms with E-state index in [0.29, 0.717) is 12.2 Å². The Morgan fingerprint density at radius 3 is 3.08 bits per heavy atom. The monoisotopic (exact) mass is 166 g/mol. The lowest BCUT2D eigenvalue weighted by Crippen LogP contribution is -2.05. The molecule has 1 heterocycles. The lowest BCUT2D eigenvalue weighted by Gasteiger charge is -2.05. The molecule has 0 atom stereocenters. The van der Waals surface area contributed by atoms with E-state index in [1.165, 1.54) is 6.20 Å². The van der Waals surface area contributed by atoms with Gasteiger partial charge in [0.05, 0.1) is 5.69 Å². The van der Waals surface area contributed by atoms with Crippen LogP contribution in [0.25, 0.3) is 0 Å². The average molecular weight is 166 g/mol. The Morgan fingerprint density at radius 2 is 2.50 bits per heavy atom. The first-order chi connectivity index (χ1) is 5.75. The van der Waals surface area contributed by atoms with Gasteiger partial charge in [0, 0.05) is 18.9 Å². The number of anilines is 1. The molecule has 0 saturated heterocycles. The van der Waals surface area contributed by atoms with Gasteiger partial charge in [0.2, 0.25) is 0 Å². The van der Waals surface area contributed by atoms with Gasteiger partial charge in [0.15, 0.2) is 0 Å². The number of nitrogens with one attached hydrogen (secondary N) is 1. The van der Waals surface area contributed by atoms with E-state index in [9.17, 15) is 4.79 Å². The van der Waals surface area contributed by atoms with Crippen LogP contribution in [-0.2, 0) is 0 Å². The largest absolute Gasteiger partial charge is 0.478 e. The summed E-state index contributed by atoms with van der Waals surface area (Å²) < 4.78 is 0. The van der Waals surface area contributed by atoms with Gasteiger partial charge in [-0.05, 0) is 13.0 Å². The van der Waals surface area contributed by atoms with Crippen LogP contribution >= 0.6 is 0 Å². The summed E-state index contributed by atoms with van der Waals surface area (Å²) in [6.45, 7) is 2.61. The Kier molecular flexibility index (Phi) is 2.63. The maximum absolute atomic E-state index is 10.6. The second-order valence-corrected chi connectivity index (χ2v) is 2.26. The maximum Gasteiger partial charge on any atom is 0.339 e. The van der Waals surface area contributed by atoms with Crippen LogP contribution in [0, 0.1) is 0 Å². The molecule has 0 radical (unpaired) electrons. The van der Waals surface area contributed by atoms with Gasteiger partial charge in [0.1, 0.15) is 5.56 Å². The molecule has 12 heavy (non-hydrogen) atoms. The number of rotatable bonds is 3. The van der Waals surface area contributed by atoms with Crippen LogP contribution in [0.1, 0.15) is 17.3 Å². The Hall–Kier alpha value is -1.58. The number of carboxylic acids is 1. The Balaban J connectivity index is 3.00. The summed E-state index contributed by atoms with van der Waals surface area (Å²) in [6, 6.07) is 1.65. The fourth-order valence-electron chi connectivity index (χ4n) is 0.909. The third-order valence-electron chi connectivity index (χ3n) is 1.42. The van der Waals surface area contributed by atoms with Gasteiger partial charge in [-0.15, -0.1) is 0 Å². The topological polar surface area (TPSA) is 62.2 Å². The molecule has 1 aromatic rings. The number of aromatic nitrogens is 1. The van der Waals surface area contributed by atoms with Crippen LogP contribution < -0.4 is 5.32 Å². The molecule has 4 nitrogen and oxygen atoms in total. The van der Waals surface area contributed by atoms with E-state index in [1.54, 1.807) is 12.3 Å². The van der Waals surface area contributed by atoms with Crippen molar-refractivity contribution in [2.45, 2.75) is 6.92 Å². The molecule has 0 saturated carbocycles. The summed E-state index contributed by atoms with van der Waals surface area (Å²) in [4.78, 5) is 14.3. The normalized spacial score (nSPS) is 9.42. The first-order valence-electron chi connectivity index (χ1n) is 3.67. The summed E-state index contributed by atoms with van der Waals surface area (Å²) in [5.41, 5.74) is 0.819. The maximum atomic E-state index is 10.6. The van der Waals surface area contributed by atoms with E-state index in [2.05, 4.69) is 10.3 Å². The van der Waals surface area contributed by atoms with E-state index in [4.69, 9.17) is 5.11 Å². The third-order valence-corrected chi connectivity index (χ3v) is 1.42. The van der Waals surface area contributed by atoms with E-state index < -0.39 is 5.97 Å². The Bertz CT molecular complexity index is 286. The standard InChI is InChI=1S/C8H10N2O2/c1-2-10-7-3-4-9-5-6(7)8(11)12/h3-5H,2H2,1H3,(H,9,10)(H,11,12). The number of pyridine rings is 1. The average Bonchev–Trinajstić information content (AvgIpc) is 2.05. The molecule has 4 heteroatoms. The quantitative estimate of drug-likeness (QED) is 0.708. The zero-order valence-corrected chi connectivity index (χ0v) is 6.74. The van der Waals surface area contributed by atoms with Crippen LogP contribution in [0.3, 0.4) is 0 Å². The van der Waals surface area contributed by atoms with Crippen molar-refractivity contribution in [3.63, 3.8) is 0 Å². The molecule has 0 bridgehead atoms. The van der Waals surface area contributed by atoms with Crippen LogP contribution in [0.15, 0.2) is 18.5 Å². The van der Waals surface area contributed by atoms with Gasteiger partial charge >= 0.3 is 5.97 Å². The SMILES string of the molecule is CCNc1ccncc1C(=O)O. The van der Waals surface area contributed by atoms with Crippen LogP contribution in [-0.4, -0.2) is 22.6 Å². The van der Waals surface area contributed by atoms with E-state index >= 15 is 0 Å². The van der Waals surface area contributed by atoms with E-state index in [0.717, 1.165) is 0 Å². The van der Waals surface area contributed by atoms with Crippen molar-refractivity contribution in [3.8, 4) is 0 Å². The zero-order valence-electron chi connectivity index (χ0n) is 6.74. The van der Waals surface area contributed by atoms with Crippen LogP contribution in [0.2, 0.25) is 0 Å². The summed E-state index contributed by atoms with van der Waals surface area (Å²) in [6.07, 6.45) is 2.89. The summed E-state index contributed by atoms with van der Waals surface area (Å²) >= 11 is 0. The smallest absolute Gasteiger partial charge is 0.339 e. The fourth-order valence-corrected chi connectivity index (χ4v) is 0.909. The Morgan fingerprint density at radius 1 is 1.75 bits per heavy atom. The first kappa shape index (κ1) is 8.52. The van der Waals surface area contributed by atoms with Crippen LogP contribution in [0.5, 0.6) is 0 Å². The second kappa shape index (κ2) is 3.71. The fraction of sp³-hybridized carbons (Fsp3) is 0.250. The van der Waals surface area contributed by atoms with Crippen molar-refractivity contribution < 1.29 is 9.90 Å². The van der Waals surface area contributed by atoms with Gasteiger partial charge < -0.3 is 10.4 Å². The van der Waals surface area contributed by atoms with E-state index in [1.807, 2.05) is 6.92 Å². The number of carboxylic acid groups (broad SMARTS) is 1. The minimum Gasteiger partial charge on any atom is -0.478 e. The highest BCUT2D eigenvalue weighted by atomic mass is 16.4. The lowest BCUT2D eigenvalue weighted by atomic mass is 10.2. The molecule has 0 aliphatic carbocycles. The molecule has 1 rings (SSSR count). The highest BCUT2D eigenvalue weighted by Crippen LogP contribution is 2.12. The van der Waals surface area contributed by atoms with Gasteiger partial charge in [-0.2, -0.15) is 0 Å². The van der Waals surface area contributed by atoms with Gasteiger partial charge in [-0.3, -0.25) is 4.98 Å². The third kappa shape index (κ3) is 1.72. The highest BCUT2D eigenvalue weighted by molar-refractivity contribution is 5.93. The highest BCUT2D eigenvalue weighted by Gasteiger charge is 2.07. The molecular weight excluding hydrogens is 156 g/mol. The number of hydrogen-bond acceptors (Lipinski definition) is 3. The molecule has 0 amide bonds. The molecule has 0 unspecified atom stereocenters. The number of nitrogens with zero attached hydrogens (tertiary/aromatic N) is 1. The molecule has 0 aromatic carbocycles. The summed E-state index contributed by atoms with van der Waals surface area (Å²) in [7, 11) is 0. The lowest BCUT2D eigenvalue weighted by molar-refractivity contribution is 0.0697. The van der Waals surface area contributed by atoms with Crippen molar-refractivity contribution in [3.05, 3.63) is 24.0 Å². The number of hydrogen-bond donors (Lipinski definition) is 2. The molecule has 0 aliphatic rings. The molecular formula is C8H10N2O2. The van der Waals surface area contributed by atoms with Gasteiger partial charge in [-0.25, -0.2) is 4.79 Å². The van der Waals surface area contributed by atoms with Crippen molar-refractivity contribution in [2.24, 2.45) is 0 Å². The number of aromatic carboxylic acids is 1. The minimum atomic E-state index is -0.959. The Labute approximate surface area is 70.3 Å².